The van der Waals surface area contributed by atoms with Crippen LogP contribution in [-0.4, -0.2) is 43.5 Å². The van der Waals surface area contributed by atoms with Gasteiger partial charge in [-0.1, -0.05) is 6.07 Å². The van der Waals surface area contributed by atoms with Gasteiger partial charge in [-0.2, -0.15) is 0 Å². The molecule has 0 fully saturated rings. The first-order valence-electron chi connectivity index (χ1n) is 7.23. The molecule has 2 N–H and O–H groups in total. The third kappa shape index (κ3) is 4.77. The molecule has 4 nitrogen and oxygen atoms in total. The van der Waals surface area contributed by atoms with Crippen LogP contribution in [0.2, 0.25) is 0 Å². The van der Waals surface area contributed by atoms with Crippen molar-refractivity contribution in [3.63, 3.8) is 0 Å². The highest BCUT2D eigenvalue weighted by Crippen LogP contribution is 2.25. The van der Waals surface area contributed by atoms with E-state index >= 15 is 0 Å². The summed E-state index contributed by atoms with van der Waals surface area (Å²) in [6, 6.07) is 5.92. The fourth-order valence-electron chi connectivity index (χ4n) is 2.27. The van der Waals surface area contributed by atoms with Gasteiger partial charge in [-0.05, 0) is 58.5 Å². The third-order valence-electron chi connectivity index (χ3n) is 4.23. The second-order valence-corrected chi connectivity index (χ2v) is 6.25. The molecule has 1 heterocycles. The quantitative estimate of drug-likeness (QED) is 0.879. The average molecular weight is 348 g/mol. The molecule has 0 radical (unpaired) electrons. The highest BCUT2D eigenvalue weighted by molar-refractivity contribution is 5.97. The summed E-state index contributed by atoms with van der Waals surface area (Å²) in [5.74, 6) is 0.0282. The minimum atomic E-state index is -0.0528. The van der Waals surface area contributed by atoms with Crippen LogP contribution in [0.15, 0.2) is 18.2 Å². The Morgan fingerprint density at radius 3 is 2.64 bits per heavy atom. The lowest BCUT2D eigenvalue weighted by atomic mass is 9.96. The molecule has 0 atom stereocenters. The summed E-state index contributed by atoms with van der Waals surface area (Å²) in [6.45, 7) is 5.87. The van der Waals surface area contributed by atoms with Crippen LogP contribution in [0, 0.1) is 0 Å². The Hall–Kier alpha value is -0.970. The maximum atomic E-state index is 12.4. The van der Waals surface area contributed by atoms with Crippen LogP contribution in [0.25, 0.3) is 0 Å². The van der Waals surface area contributed by atoms with Crippen molar-refractivity contribution in [3.8, 4) is 0 Å². The fourth-order valence-corrected chi connectivity index (χ4v) is 2.27. The van der Waals surface area contributed by atoms with Crippen LogP contribution >= 0.6 is 24.8 Å². The predicted molar refractivity (Wildman–Crippen MR) is 97.8 cm³/mol. The van der Waals surface area contributed by atoms with E-state index in [0.29, 0.717) is 6.54 Å². The molecule has 126 valence electrons. The van der Waals surface area contributed by atoms with E-state index in [4.69, 9.17) is 0 Å². The molecule has 6 heteroatoms. The van der Waals surface area contributed by atoms with E-state index in [2.05, 4.69) is 35.4 Å². The van der Waals surface area contributed by atoms with Crippen LogP contribution in [0.4, 0.5) is 5.69 Å². The van der Waals surface area contributed by atoms with E-state index in [0.717, 1.165) is 36.2 Å². The number of rotatable bonds is 4. The summed E-state index contributed by atoms with van der Waals surface area (Å²) in [4.78, 5) is 14.5. The number of benzene rings is 1. The maximum absolute atomic E-state index is 12.4. The Kier molecular flexibility index (Phi) is 8.23. The maximum Gasteiger partial charge on any atom is 0.251 e. The van der Waals surface area contributed by atoms with Crippen LogP contribution in [-0.2, 0) is 6.42 Å². The lowest BCUT2D eigenvalue weighted by molar-refractivity contribution is 0.0918. The molecule has 0 bridgehead atoms. The zero-order chi connectivity index (χ0) is 14.8. The van der Waals surface area contributed by atoms with Crippen LogP contribution in [0.3, 0.4) is 0 Å². The smallest absolute Gasteiger partial charge is 0.251 e. The topological polar surface area (TPSA) is 44.4 Å². The van der Waals surface area contributed by atoms with Gasteiger partial charge in [0.05, 0.1) is 0 Å². The van der Waals surface area contributed by atoms with E-state index in [1.807, 2.05) is 26.2 Å². The zero-order valence-corrected chi connectivity index (χ0v) is 15.4. The van der Waals surface area contributed by atoms with Crippen LogP contribution in [0.1, 0.15) is 36.2 Å². The normalized spacial score (nSPS) is 13.3. The average Bonchev–Trinajstić information content (AvgIpc) is 2.44. The molecule has 0 aromatic heterocycles. The van der Waals surface area contributed by atoms with Crippen molar-refractivity contribution in [2.45, 2.75) is 32.2 Å². The monoisotopic (exact) mass is 347 g/mol. The zero-order valence-electron chi connectivity index (χ0n) is 13.7. The van der Waals surface area contributed by atoms with E-state index in [-0.39, 0.29) is 36.3 Å². The lowest BCUT2D eigenvalue weighted by Gasteiger charge is -2.32. The largest absolute Gasteiger partial charge is 0.385 e. The number of amides is 1. The van der Waals surface area contributed by atoms with Gasteiger partial charge in [0.1, 0.15) is 0 Å². The van der Waals surface area contributed by atoms with Gasteiger partial charge in [-0.25, -0.2) is 0 Å². The summed E-state index contributed by atoms with van der Waals surface area (Å²) in [5, 5.41) is 6.42. The van der Waals surface area contributed by atoms with Gasteiger partial charge >= 0.3 is 0 Å². The van der Waals surface area contributed by atoms with Gasteiger partial charge in [0.15, 0.2) is 0 Å². The summed E-state index contributed by atoms with van der Waals surface area (Å²) >= 11 is 0. The number of nitrogens with zero attached hydrogens (tertiary/aromatic N) is 1. The molecule has 2 rings (SSSR count). The number of nitrogens with one attached hydrogen (secondary N) is 2. The summed E-state index contributed by atoms with van der Waals surface area (Å²) in [5.41, 5.74) is 3.02. The highest BCUT2D eigenvalue weighted by Gasteiger charge is 2.23. The van der Waals surface area contributed by atoms with E-state index < -0.39 is 0 Å². The van der Waals surface area contributed by atoms with Crippen molar-refractivity contribution >= 4 is 36.4 Å². The predicted octanol–water partition coefficient (Wildman–Crippen LogP) is 2.96. The second kappa shape index (κ2) is 8.61. The Morgan fingerprint density at radius 2 is 2.00 bits per heavy atom. The van der Waals surface area contributed by atoms with E-state index in [9.17, 15) is 4.79 Å². The highest BCUT2D eigenvalue weighted by atomic mass is 35.5. The standard InChI is InChI=1S/C16H25N3O.2ClH/c1-16(2,19(3)4)11-18-15(20)13-7-5-9-14-12(13)8-6-10-17-14;;/h5,7,9,17H,6,8,10-11H2,1-4H3,(H,18,20);2*1H. The first-order valence-corrected chi connectivity index (χ1v) is 7.23. The van der Waals surface area contributed by atoms with Gasteiger partial charge in [-0.15, -0.1) is 24.8 Å². The molecule has 0 aliphatic carbocycles. The van der Waals surface area contributed by atoms with Crippen molar-refractivity contribution in [2.75, 3.05) is 32.5 Å². The number of fused-ring (bicyclic) bond motifs is 1. The minimum absolute atomic E-state index is 0. The van der Waals surface area contributed by atoms with Crippen molar-refractivity contribution in [1.82, 2.24) is 10.2 Å². The number of hydrogen-bond acceptors (Lipinski definition) is 3. The van der Waals surface area contributed by atoms with E-state index in [1.165, 1.54) is 0 Å². The Balaban J connectivity index is 0.00000220. The van der Waals surface area contributed by atoms with Gasteiger partial charge in [0.25, 0.3) is 5.91 Å². The molecule has 1 amide bonds. The minimum Gasteiger partial charge on any atom is -0.385 e. The molecule has 1 aromatic carbocycles. The molecular weight excluding hydrogens is 321 g/mol. The van der Waals surface area contributed by atoms with Crippen molar-refractivity contribution in [2.24, 2.45) is 0 Å². The molecule has 22 heavy (non-hydrogen) atoms. The SMILES string of the molecule is CN(C)C(C)(C)CNC(=O)c1cccc2c1CCCN2.Cl.Cl. The van der Waals surface area contributed by atoms with Crippen molar-refractivity contribution in [1.29, 1.82) is 0 Å². The Morgan fingerprint density at radius 1 is 1.32 bits per heavy atom. The molecule has 1 aliphatic heterocycles. The van der Waals surface area contributed by atoms with Gasteiger partial charge < -0.3 is 15.5 Å². The van der Waals surface area contributed by atoms with Gasteiger partial charge in [-0.3, -0.25) is 4.79 Å². The second-order valence-electron chi connectivity index (χ2n) is 6.25. The molecule has 0 spiro atoms. The molecule has 0 unspecified atom stereocenters. The molecular formula is C16H27Cl2N3O. The summed E-state index contributed by atoms with van der Waals surface area (Å²) in [7, 11) is 4.06. The number of anilines is 1. The molecule has 1 aliphatic rings. The van der Waals surface area contributed by atoms with Gasteiger partial charge in [0, 0.05) is 29.9 Å². The van der Waals surface area contributed by atoms with Crippen molar-refractivity contribution in [3.05, 3.63) is 29.3 Å². The molecule has 0 saturated carbocycles. The number of carbonyl (C=O) groups excluding carboxylic acids is 1. The first kappa shape index (κ1) is 21.0. The Labute approximate surface area is 145 Å². The number of hydrogen-bond donors (Lipinski definition) is 2. The molecule has 1 aromatic rings. The van der Waals surface area contributed by atoms with Crippen molar-refractivity contribution < 1.29 is 4.79 Å². The summed E-state index contributed by atoms with van der Waals surface area (Å²) in [6.07, 6.45) is 2.06. The number of carbonyl (C=O) groups is 1. The fraction of sp³-hybridized carbons (Fsp3) is 0.562. The first-order chi connectivity index (χ1) is 9.42. The lowest BCUT2D eigenvalue weighted by Crippen LogP contribution is -2.48. The van der Waals surface area contributed by atoms with E-state index in [1.54, 1.807) is 0 Å². The number of likely N-dealkylation sites (N-methyl/N-ethyl adjacent to an activating group) is 1. The van der Waals surface area contributed by atoms with Crippen LogP contribution < -0.4 is 10.6 Å². The van der Waals surface area contributed by atoms with Crippen LogP contribution in [0.5, 0.6) is 0 Å². The summed E-state index contributed by atoms with van der Waals surface area (Å²) < 4.78 is 0. The Bertz CT molecular complexity index is 504. The number of halogens is 2. The molecule has 0 saturated heterocycles. The van der Waals surface area contributed by atoms with Gasteiger partial charge in [0.2, 0.25) is 0 Å². The third-order valence-corrected chi connectivity index (χ3v) is 4.23.